The van der Waals surface area contributed by atoms with Crippen molar-refractivity contribution < 1.29 is 9.90 Å². The Morgan fingerprint density at radius 1 is 0.784 bits per heavy atom. The average molecular weight is 507 g/mol. The molecule has 4 heterocycles. The predicted molar refractivity (Wildman–Crippen MR) is 148 cm³/mol. The third-order valence-corrected chi connectivity index (χ3v) is 9.99. The van der Waals surface area contributed by atoms with E-state index in [9.17, 15) is 9.90 Å². The second kappa shape index (κ2) is 11.4. The van der Waals surface area contributed by atoms with Crippen LogP contribution in [0.1, 0.15) is 121 Å². The number of hydrogen-bond donors (Lipinski definition) is 1. The van der Waals surface area contributed by atoms with Gasteiger partial charge in [0, 0.05) is 24.2 Å². The van der Waals surface area contributed by atoms with E-state index in [1.165, 1.54) is 95.4 Å². The number of fused-ring (bicyclic) bond motifs is 3. The SMILES string of the molecule is O=C(O)CN1CCC[C@@H]1c1nc2ccccc2n1C1C[C@H]2CCC[C@@H](C1)N2C1CCCCCCCCC1. The monoisotopic (exact) mass is 506 g/mol. The normalized spacial score (nSPS) is 31.0. The van der Waals surface area contributed by atoms with Crippen LogP contribution in [0.5, 0.6) is 0 Å². The standard InChI is InChI=1S/C31H46N4O2/c36-30(37)22-33-19-11-18-29(33)31-32-27-16-8-9-17-28(27)35(31)26-20-24-14-10-15-25(21-26)34(24)23-12-6-4-2-1-3-5-7-13-23/h8-9,16-17,23-26,29H,1-7,10-15,18-22H2,(H,36,37)/t24-,25+,26?,29-/m1/s1. The zero-order valence-corrected chi connectivity index (χ0v) is 22.6. The molecular weight excluding hydrogens is 460 g/mol. The Morgan fingerprint density at radius 3 is 2.14 bits per heavy atom. The molecule has 0 amide bonds. The van der Waals surface area contributed by atoms with Crippen LogP contribution in [0.15, 0.2) is 24.3 Å². The Bertz CT molecular complexity index is 1040. The number of piperidine rings is 2. The van der Waals surface area contributed by atoms with Crippen LogP contribution in [-0.4, -0.2) is 61.6 Å². The van der Waals surface area contributed by atoms with Gasteiger partial charge in [-0.3, -0.25) is 14.6 Å². The van der Waals surface area contributed by atoms with Gasteiger partial charge in [-0.15, -0.1) is 0 Å². The number of aromatic nitrogens is 2. The smallest absolute Gasteiger partial charge is 0.317 e. The fourth-order valence-electron chi connectivity index (χ4n) is 8.45. The van der Waals surface area contributed by atoms with Crippen molar-refractivity contribution in [3.8, 4) is 0 Å². The van der Waals surface area contributed by atoms with Gasteiger partial charge in [-0.2, -0.15) is 0 Å². The number of likely N-dealkylation sites (tertiary alicyclic amines) is 1. The Morgan fingerprint density at radius 2 is 1.43 bits per heavy atom. The summed E-state index contributed by atoms with van der Waals surface area (Å²) in [4.78, 5) is 22.0. The highest BCUT2D eigenvalue weighted by molar-refractivity contribution is 5.76. The first kappa shape index (κ1) is 25.4. The number of rotatable bonds is 5. The maximum Gasteiger partial charge on any atom is 0.317 e. The predicted octanol–water partition coefficient (Wildman–Crippen LogP) is 6.71. The van der Waals surface area contributed by atoms with Crippen molar-refractivity contribution in [2.45, 2.75) is 133 Å². The Balaban J connectivity index is 1.29. The van der Waals surface area contributed by atoms with Gasteiger partial charge in [0.1, 0.15) is 5.82 Å². The molecule has 0 radical (unpaired) electrons. The highest BCUT2D eigenvalue weighted by atomic mass is 16.4. The molecule has 1 aromatic heterocycles. The lowest BCUT2D eigenvalue weighted by atomic mass is 9.79. The lowest BCUT2D eigenvalue weighted by molar-refractivity contribution is -0.138. The Hall–Kier alpha value is -1.92. The van der Waals surface area contributed by atoms with Gasteiger partial charge in [0.15, 0.2) is 0 Å². The molecule has 2 aromatic rings. The fourth-order valence-corrected chi connectivity index (χ4v) is 8.45. The fraction of sp³-hybridized carbons (Fsp3) is 0.742. The topological polar surface area (TPSA) is 61.6 Å². The third kappa shape index (κ3) is 5.34. The zero-order chi connectivity index (χ0) is 25.2. The first-order chi connectivity index (χ1) is 18.2. The molecule has 6 heteroatoms. The second-order valence-corrected chi connectivity index (χ2v) is 12.4. The highest BCUT2D eigenvalue weighted by Gasteiger charge is 2.43. The first-order valence-electron chi connectivity index (χ1n) is 15.4. The van der Waals surface area contributed by atoms with E-state index in [1.54, 1.807) is 0 Å². The number of benzene rings is 1. The summed E-state index contributed by atoms with van der Waals surface area (Å²) in [6.07, 6.45) is 21.2. The van der Waals surface area contributed by atoms with Gasteiger partial charge in [0.25, 0.3) is 0 Å². The molecule has 3 saturated heterocycles. The number of carbonyl (C=O) groups is 1. The minimum absolute atomic E-state index is 0.110. The van der Waals surface area contributed by atoms with Crippen molar-refractivity contribution >= 4 is 17.0 Å². The third-order valence-electron chi connectivity index (χ3n) is 9.99. The Labute approximate surface area is 222 Å². The van der Waals surface area contributed by atoms with Crippen LogP contribution in [0.25, 0.3) is 11.0 Å². The number of para-hydroxylation sites is 2. The van der Waals surface area contributed by atoms with Gasteiger partial charge in [0.2, 0.25) is 0 Å². The van der Waals surface area contributed by atoms with Crippen molar-refractivity contribution in [3.05, 3.63) is 30.1 Å². The van der Waals surface area contributed by atoms with Gasteiger partial charge >= 0.3 is 5.97 Å². The van der Waals surface area contributed by atoms with Gasteiger partial charge in [0.05, 0.1) is 23.6 Å². The van der Waals surface area contributed by atoms with Crippen LogP contribution in [0.4, 0.5) is 0 Å². The van der Waals surface area contributed by atoms with Crippen molar-refractivity contribution in [1.29, 1.82) is 0 Å². The summed E-state index contributed by atoms with van der Waals surface area (Å²) in [5, 5.41) is 9.55. The largest absolute Gasteiger partial charge is 0.480 e. The molecule has 37 heavy (non-hydrogen) atoms. The quantitative estimate of drug-likeness (QED) is 0.488. The molecular formula is C31H46N4O2. The Kier molecular flexibility index (Phi) is 7.85. The average Bonchev–Trinajstić information content (AvgIpc) is 3.50. The van der Waals surface area contributed by atoms with Gasteiger partial charge in [-0.1, -0.05) is 63.5 Å². The second-order valence-electron chi connectivity index (χ2n) is 12.4. The number of hydrogen-bond acceptors (Lipinski definition) is 4. The molecule has 4 atom stereocenters. The van der Waals surface area contributed by atoms with Crippen LogP contribution in [0.3, 0.4) is 0 Å². The summed E-state index contributed by atoms with van der Waals surface area (Å²) < 4.78 is 2.58. The molecule has 1 N–H and O–H groups in total. The first-order valence-corrected chi connectivity index (χ1v) is 15.4. The van der Waals surface area contributed by atoms with Crippen LogP contribution in [0.2, 0.25) is 0 Å². The summed E-state index contributed by atoms with van der Waals surface area (Å²) in [5.74, 6) is 0.387. The summed E-state index contributed by atoms with van der Waals surface area (Å²) in [7, 11) is 0. The molecule has 4 aliphatic rings. The maximum atomic E-state index is 11.6. The van der Waals surface area contributed by atoms with E-state index in [4.69, 9.17) is 4.98 Å². The number of carboxylic acids is 1. The van der Waals surface area contributed by atoms with Crippen molar-refractivity contribution in [2.75, 3.05) is 13.1 Å². The molecule has 6 nitrogen and oxygen atoms in total. The van der Waals surface area contributed by atoms with Gasteiger partial charge in [-0.05, 0) is 70.0 Å². The van der Waals surface area contributed by atoms with E-state index in [0.29, 0.717) is 18.1 Å². The van der Waals surface area contributed by atoms with Gasteiger partial charge in [-0.25, -0.2) is 4.98 Å². The molecule has 0 spiro atoms. The molecule has 1 saturated carbocycles. The zero-order valence-electron chi connectivity index (χ0n) is 22.6. The number of carboxylic acid groups (broad SMARTS) is 1. The molecule has 2 bridgehead atoms. The molecule has 3 aliphatic heterocycles. The minimum atomic E-state index is -0.733. The molecule has 6 rings (SSSR count). The van der Waals surface area contributed by atoms with Crippen LogP contribution in [0, 0.1) is 0 Å². The summed E-state index contributed by atoms with van der Waals surface area (Å²) in [5.41, 5.74) is 2.31. The molecule has 202 valence electrons. The van der Waals surface area contributed by atoms with Crippen LogP contribution >= 0.6 is 0 Å². The lowest BCUT2D eigenvalue weighted by Gasteiger charge is -2.53. The van der Waals surface area contributed by atoms with Gasteiger partial charge < -0.3 is 9.67 Å². The maximum absolute atomic E-state index is 11.6. The van der Waals surface area contributed by atoms with E-state index >= 15 is 0 Å². The molecule has 1 unspecified atom stereocenters. The van der Waals surface area contributed by atoms with E-state index < -0.39 is 5.97 Å². The number of aliphatic carboxylic acids is 1. The molecule has 4 fully saturated rings. The summed E-state index contributed by atoms with van der Waals surface area (Å²) in [6, 6.07) is 11.3. The number of nitrogens with zero attached hydrogens (tertiary/aromatic N) is 4. The van der Waals surface area contributed by atoms with Crippen molar-refractivity contribution in [1.82, 2.24) is 19.4 Å². The van der Waals surface area contributed by atoms with E-state index in [2.05, 4.69) is 38.6 Å². The van der Waals surface area contributed by atoms with E-state index in [-0.39, 0.29) is 12.6 Å². The van der Waals surface area contributed by atoms with E-state index in [1.807, 2.05) is 0 Å². The lowest BCUT2D eigenvalue weighted by Crippen LogP contribution is -2.56. The molecule has 1 aromatic carbocycles. The van der Waals surface area contributed by atoms with E-state index in [0.717, 1.165) is 36.8 Å². The minimum Gasteiger partial charge on any atom is -0.480 e. The highest BCUT2D eigenvalue weighted by Crippen LogP contribution is 2.45. The van der Waals surface area contributed by atoms with Crippen molar-refractivity contribution in [3.63, 3.8) is 0 Å². The summed E-state index contributed by atoms with van der Waals surface area (Å²) >= 11 is 0. The van der Waals surface area contributed by atoms with Crippen LogP contribution < -0.4 is 0 Å². The number of imidazole rings is 1. The summed E-state index contributed by atoms with van der Waals surface area (Å²) in [6.45, 7) is 0.963. The molecule has 1 aliphatic carbocycles. The van der Waals surface area contributed by atoms with Crippen molar-refractivity contribution in [2.24, 2.45) is 0 Å². The van der Waals surface area contributed by atoms with Crippen LogP contribution in [-0.2, 0) is 4.79 Å².